The first-order chi connectivity index (χ1) is 13.0. The van der Waals surface area contributed by atoms with Gasteiger partial charge in [-0.15, -0.1) is 0 Å². The van der Waals surface area contributed by atoms with E-state index < -0.39 is 0 Å². The van der Waals surface area contributed by atoms with Crippen molar-refractivity contribution in [1.82, 2.24) is 9.88 Å². The van der Waals surface area contributed by atoms with Crippen molar-refractivity contribution in [2.24, 2.45) is 5.41 Å². The fourth-order valence-electron chi connectivity index (χ4n) is 4.57. The molecule has 1 saturated heterocycles. The summed E-state index contributed by atoms with van der Waals surface area (Å²) in [6, 6.07) is 4.07. The number of nitrogen functional groups attached to an aromatic ring is 1. The SMILES string of the molecule is COc1cc2c3c(c(N)nc2cc1OCCCN1CCCC1)CC(C)(C)C3. The highest BCUT2D eigenvalue weighted by Gasteiger charge is 2.32. The lowest BCUT2D eigenvalue weighted by Crippen LogP contribution is -2.21. The molecule has 0 amide bonds. The summed E-state index contributed by atoms with van der Waals surface area (Å²) in [5, 5.41) is 1.14. The molecular weight excluding hydrogens is 338 g/mol. The van der Waals surface area contributed by atoms with E-state index in [1.807, 2.05) is 6.07 Å². The maximum Gasteiger partial charge on any atom is 0.163 e. The fourth-order valence-corrected chi connectivity index (χ4v) is 4.57. The Labute approximate surface area is 161 Å². The van der Waals surface area contributed by atoms with E-state index in [4.69, 9.17) is 15.2 Å². The Hall–Kier alpha value is -2.01. The van der Waals surface area contributed by atoms with Gasteiger partial charge in [0.2, 0.25) is 0 Å². The van der Waals surface area contributed by atoms with Gasteiger partial charge in [-0.2, -0.15) is 0 Å². The summed E-state index contributed by atoms with van der Waals surface area (Å²) in [5.74, 6) is 2.20. The third-order valence-corrected chi connectivity index (χ3v) is 5.91. The number of nitrogens with two attached hydrogens (primary N) is 1. The average molecular weight is 370 g/mol. The van der Waals surface area contributed by atoms with Crippen molar-refractivity contribution in [2.45, 2.75) is 46.0 Å². The summed E-state index contributed by atoms with van der Waals surface area (Å²) in [6.45, 7) is 8.81. The second-order valence-electron chi connectivity index (χ2n) is 8.74. The molecule has 1 aliphatic carbocycles. The van der Waals surface area contributed by atoms with Crippen molar-refractivity contribution in [3.63, 3.8) is 0 Å². The van der Waals surface area contributed by atoms with Gasteiger partial charge in [0.25, 0.3) is 0 Å². The quantitative estimate of drug-likeness (QED) is 0.785. The molecule has 0 unspecified atom stereocenters. The molecule has 1 aromatic carbocycles. The summed E-state index contributed by atoms with van der Waals surface area (Å²) in [4.78, 5) is 7.18. The van der Waals surface area contributed by atoms with E-state index in [1.165, 1.54) is 37.1 Å². The summed E-state index contributed by atoms with van der Waals surface area (Å²) in [6.07, 6.45) is 5.68. The van der Waals surface area contributed by atoms with Crippen molar-refractivity contribution >= 4 is 16.7 Å². The van der Waals surface area contributed by atoms with E-state index >= 15 is 0 Å². The first kappa shape index (κ1) is 18.4. The summed E-state index contributed by atoms with van der Waals surface area (Å²) in [7, 11) is 1.70. The van der Waals surface area contributed by atoms with Gasteiger partial charge in [-0.25, -0.2) is 4.98 Å². The van der Waals surface area contributed by atoms with Crippen LogP contribution in [0.15, 0.2) is 12.1 Å². The minimum atomic E-state index is 0.227. The Morgan fingerprint density at radius 2 is 1.85 bits per heavy atom. The zero-order chi connectivity index (χ0) is 19.0. The van der Waals surface area contributed by atoms with Gasteiger partial charge in [-0.1, -0.05) is 13.8 Å². The zero-order valence-electron chi connectivity index (χ0n) is 16.8. The van der Waals surface area contributed by atoms with Gasteiger partial charge in [-0.3, -0.25) is 0 Å². The highest BCUT2D eigenvalue weighted by Crippen LogP contribution is 2.44. The second-order valence-corrected chi connectivity index (χ2v) is 8.74. The number of fused-ring (bicyclic) bond motifs is 3. The van der Waals surface area contributed by atoms with Gasteiger partial charge in [0.15, 0.2) is 11.5 Å². The Morgan fingerprint density at radius 1 is 1.11 bits per heavy atom. The number of ether oxygens (including phenoxy) is 2. The molecule has 5 nitrogen and oxygen atoms in total. The molecule has 5 heteroatoms. The number of nitrogens with zero attached hydrogens (tertiary/aromatic N) is 2. The van der Waals surface area contributed by atoms with Gasteiger partial charge in [0.05, 0.1) is 19.2 Å². The minimum absolute atomic E-state index is 0.227. The Morgan fingerprint density at radius 3 is 2.59 bits per heavy atom. The summed E-state index contributed by atoms with van der Waals surface area (Å²) in [5.41, 5.74) is 9.93. The number of rotatable bonds is 6. The molecule has 1 fully saturated rings. The normalized spacial score (nSPS) is 18.8. The van der Waals surface area contributed by atoms with Crippen LogP contribution in [0.2, 0.25) is 0 Å². The smallest absolute Gasteiger partial charge is 0.163 e. The summed E-state index contributed by atoms with van der Waals surface area (Å²) >= 11 is 0. The number of aromatic nitrogens is 1. The van der Waals surface area contributed by atoms with Crippen molar-refractivity contribution in [1.29, 1.82) is 0 Å². The average Bonchev–Trinajstić information content (AvgIpc) is 3.25. The topological polar surface area (TPSA) is 60.6 Å². The molecule has 2 heterocycles. The molecule has 2 N–H and O–H groups in total. The van der Waals surface area contributed by atoms with Crippen molar-refractivity contribution < 1.29 is 9.47 Å². The van der Waals surface area contributed by atoms with Crippen molar-refractivity contribution in [2.75, 3.05) is 39.1 Å². The van der Waals surface area contributed by atoms with Crippen LogP contribution in [0.1, 0.15) is 44.2 Å². The maximum atomic E-state index is 6.28. The molecule has 2 aromatic rings. The van der Waals surface area contributed by atoms with E-state index in [0.717, 1.165) is 48.2 Å². The third kappa shape index (κ3) is 3.70. The van der Waals surface area contributed by atoms with Crippen LogP contribution in [0.4, 0.5) is 5.82 Å². The maximum absolute atomic E-state index is 6.28. The molecule has 0 spiro atoms. The van der Waals surface area contributed by atoms with E-state index in [1.54, 1.807) is 7.11 Å². The van der Waals surface area contributed by atoms with Crippen LogP contribution < -0.4 is 15.2 Å². The molecular formula is C22H31N3O2. The summed E-state index contributed by atoms with van der Waals surface area (Å²) < 4.78 is 11.7. The number of hydrogen-bond donors (Lipinski definition) is 1. The Kier molecular flexibility index (Phi) is 4.89. The predicted molar refractivity (Wildman–Crippen MR) is 110 cm³/mol. The molecule has 0 bridgehead atoms. The van der Waals surface area contributed by atoms with Crippen molar-refractivity contribution in [3.8, 4) is 11.5 Å². The molecule has 2 aliphatic rings. The lowest BCUT2D eigenvalue weighted by Gasteiger charge is -2.16. The standard InChI is InChI=1S/C22H31N3O2/c1-22(2)13-16-15-11-19(26-3)20(12-18(15)24-21(23)17(16)14-22)27-10-6-9-25-7-4-5-8-25/h11-12H,4-10,13-14H2,1-3H3,(H2,23,24). The number of pyridine rings is 1. The lowest BCUT2D eigenvalue weighted by atomic mass is 9.90. The molecule has 1 aliphatic heterocycles. The number of anilines is 1. The van der Waals surface area contributed by atoms with Crippen LogP contribution in [-0.4, -0.2) is 43.2 Å². The molecule has 0 saturated carbocycles. The zero-order valence-corrected chi connectivity index (χ0v) is 16.8. The van der Waals surface area contributed by atoms with Crippen LogP contribution >= 0.6 is 0 Å². The van der Waals surface area contributed by atoms with E-state index in [-0.39, 0.29) is 5.41 Å². The number of likely N-dealkylation sites (tertiary alicyclic amines) is 1. The highest BCUT2D eigenvalue weighted by atomic mass is 16.5. The van der Waals surface area contributed by atoms with Crippen LogP contribution in [0.5, 0.6) is 11.5 Å². The molecule has 0 radical (unpaired) electrons. The number of hydrogen-bond acceptors (Lipinski definition) is 5. The number of methoxy groups -OCH3 is 1. The van der Waals surface area contributed by atoms with Gasteiger partial charge < -0.3 is 20.1 Å². The van der Waals surface area contributed by atoms with E-state index in [0.29, 0.717) is 12.4 Å². The van der Waals surface area contributed by atoms with Crippen molar-refractivity contribution in [3.05, 3.63) is 23.3 Å². The predicted octanol–water partition coefficient (Wildman–Crippen LogP) is 3.82. The Balaban J connectivity index is 1.56. The van der Waals surface area contributed by atoms with Crippen LogP contribution in [0, 0.1) is 5.41 Å². The monoisotopic (exact) mass is 369 g/mol. The van der Waals surface area contributed by atoms with Crippen LogP contribution in [-0.2, 0) is 12.8 Å². The highest BCUT2D eigenvalue weighted by molar-refractivity contribution is 5.89. The fraction of sp³-hybridized carbons (Fsp3) is 0.591. The first-order valence-electron chi connectivity index (χ1n) is 10.1. The third-order valence-electron chi connectivity index (χ3n) is 5.91. The second kappa shape index (κ2) is 7.19. The first-order valence-corrected chi connectivity index (χ1v) is 10.1. The van der Waals surface area contributed by atoms with Crippen LogP contribution in [0.3, 0.4) is 0 Å². The van der Waals surface area contributed by atoms with Crippen LogP contribution in [0.25, 0.3) is 10.9 Å². The molecule has 1 aromatic heterocycles. The molecule has 27 heavy (non-hydrogen) atoms. The molecule has 4 rings (SSSR count). The Bertz CT molecular complexity index is 841. The van der Waals surface area contributed by atoms with Gasteiger partial charge in [0.1, 0.15) is 5.82 Å². The van der Waals surface area contributed by atoms with E-state index in [2.05, 4.69) is 29.8 Å². The molecule has 146 valence electrons. The van der Waals surface area contributed by atoms with Gasteiger partial charge >= 0.3 is 0 Å². The minimum Gasteiger partial charge on any atom is -0.493 e. The largest absolute Gasteiger partial charge is 0.493 e. The molecule has 0 atom stereocenters. The van der Waals surface area contributed by atoms with E-state index in [9.17, 15) is 0 Å². The lowest BCUT2D eigenvalue weighted by molar-refractivity contribution is 0.254. The van der Waals surface area contributed by atoms with Gasteiger partial charge in [-0.05, 0) is 67.8 Å². The van der Waals surface area contributed by atoms with Gasteiger partial charge in [0, 0.05) is 18.0 Å². The number of benzene rings is 1.